The molecule has 3 saturated heterocycles. The summed E-state index contributed by atoms with van der Waals surface area (Å²) in [6.45, 7) is 6.34. The highest BCUT2D eigenvalue weighted by atomic mass is 32.2. The zero-order valence-electron chi connectivity index (χ0n) is 11.7. The second kappa shape index (κ2) is 4.98. The lowest BCUT2D eigenvalue weighted by Crippen LogP contribution is -2.47. The van der Waals surface area contributed by atoms with Crippen LogP contribution in [0.15, 0.2) is 0 Å². The number of rotatable bonds is 2. The summed E-state index contributed by atoms with van der Waals surface area (Å²) >= 11 is 0. The van der Waals surface area contributed by atoms with Crippen molar-refractivity contribution in [3.05, 3.63) is 0 Å². The van der Waals surface area contributed by atoms with Crippen LogP contribution in [0.3, 0.4) is 0 Å². The summed E-state index contributed by atoms with van der Waals surface area (Å²) in [4.78, 5) is 0. The van der Waals surface area contributed by atoms with E-state index in [1.54, 1.807) is 8.61 Å². The maximum atomic E-state index is 12.7. The fourth-order valence-corrected chi connectivity index (χ4v) is 5.47. The van der Waals surface area contributed by atoms with Crippen LogP contribution in [0.5, 0.6) is 0 Å². The van der Waals surface area contributed by atoms with Crippen LogP contribution in [0.2, 0.25) is 0 Å². The third-order valence-electron chi connectivity index (χ3n) is 4.86. The Morgan fingerprint density at radius 3 is 2.74 bits per heavy atom. The van der Waals surface area contributed by atoms with E-state index >= 15 is 0 Å². The van der Waals surface area contributed by atoms with Crippen LogP contribution in [0.25, 0.3) is 0 Å². The molecule has 0 aliphatic carbocycles. The highest BCUT2D eigenvalue weighted by molar-refractivity contribution is 7.86. The Morgan fingerprint density at radius 1 is 1.21 bits per heavy atom. The Kier molecular flexibility index (Phi) is 3.62. The SMILES string of the molecule is C[C@@H]1CCCN(S(=O)(=O)N2CC[C@@]3(CCOC3)C2)C1. The zero-order chi connectivity index (χ0) is 13.5. The third-order valence-corrected chi connectivity index (χ3v) is 6.81. The first-order valence-corrected chi connectivity index (χ1v) is 8.75. The zero-order valence-corrected chi connectivity index (χ0v) is 12.5. The van der Waals surface area contributed by atoms with Crippen molar-refractivity contribution >= 4 is 10.2 Å². The molecule has 0 aromatic heterocycles. The van der Waals surface area contributed by atoms with E-state index in [0.29, 0.717) is 32.1 Å². The summed E-state index contributed by atoms with van der Waals surface area (Å²) in [5, 5.41) is 0. The third kappa shape index (κ3) is 2.55. The van der Waals surface area contributed by atoms with Crippen molar-refractivity contribution in [1.82, 2.24) is 8.61 Å². The molecule has 3 fully saturated rings. The molecule has 3 aliphatic rings. The fourth-order valence-electron chi connectivity index (χ4n) is 3.58. The Morgan fingerprint density at radius 2 is 2.05 bits per heavy atom. The molecular weight excluding hydrogens is 264 g/mol. The van der Waals surface area contributed by atoms with Gasteiger partial charge >= 0.3 is 0 Å². The molecule has 110 valence electrons. The molecule has 0 aromatic rings. The standard InChI is InChI=1S/C13H24N2O3S/c1-12-3-2-6-14(9-12)19(16,17)15-7-4-13(10-15)5-8-18-11-13/h12H,2-11H2,1H3/t12-,13-/m1/s1. The highest BCUT2D eigenvalue weighted by Gasteiger charge is 2.46. The highest BCUT2D eigenvalue weighted by Crippen LogP contribution is 2.39. The molecule has 2 atom stereocenters. The molecular formula is C13H24N2O3S. The van der Waals surface area contributed by atoms with Crippen LogP contribution in [0, 0.1) is 11.3 Å². The van der Waals surface area contributed by atoms with Crippen LogP contribution < -0.4 is 0 Å². The number of hydrogen-bond acceptors (Lipinski definition) is 3. The molecule has 19 heavy (non-hydrogen) atoms. The first kappa shape index (κ1) is 13.8. The lowest BCUT2D eigenvalue weighted by molar-refractivity contribution is 0.156. The van der Waals surface area contributed by atoms with Gasteiger partial charge in [0.1, 0.15) is 0 Å². The number of ether oxygens (including phenoxy) is 1. The molecule has 0 unspecified atom stereocenters. The Balaban J connectivity index is 1.71. The van der Waals surface area contributed by atoms with Gasteiger partial charge in [0.2, 0.25) is 0 Å². The van der Waals surface area contributed by atoms with Crippen molar-refractivity contribution in [2.75, 3.05) is 39.4 Å². The van der Waals surface area contributed by atoms with Crippen molar-refractivity contribution in [3.63, 3.8) is 0 Å². The van der Waals surface area contributed by atoms with Crippen molar-refractivity contribution in [2.45, 2.75) is 32.6 Å². The Bertz CT molecular complexity index is 431. The van der Waals surface area contributed by atoms with E-state index < -0.39 is 10.2 Å². The summed E-state index contributed by atoms with van der Waals surface area (Å²) in [6, 6.07) is 0. The van der Waals surface area contributed by atoms with Crippen molar-refractivity contribution < 1.29 is 13.2 Å². The molecule has 3 heterocycles. The minimum absolute atomic E-state index is 0.106. The smallest absolute Gasteiger partial charge is 0.282 e. The quantitative estimate of drug-likeness (QED) is 0.764. The molecule has 0 radical (unpaired) electrons. The predicted molar refractivity (Wildman–Crippen MR) is 72.9 cm³/mol. The predicted octanol–water partition coefficient (Wildman–Crippen LogP) is 1.08. The molecule has 3 rings (SSSR count). The van der Waals surface area contributed by atoms with Gasteiger partial charge in [-0.1, -0.05) is 6.92 Å². The minimum Gasteiger partial charge on any atom is -0.381 e. The summed E-state index contributed by atoms with van der Waals surface area (Å²) in [6.07, 6.45) is 4.09. The maximum absolute atomic E-state index is 12.7. The molecule has 6 heteroatoms. The number of nitrogens with zero attached hydrogens (tertiary/aromatic N) is 2. The Hall–Kier alpha value is -0.170. The van der Waals surface area contributed by atoms with Crippen molar-refractivity contribution in [3.8, 4) is 0 Å². The average molecular weight is 288 g/mol. The van der Waals surface area contributed by atoms with E-state index in [9.17, 15) is 8.42 Å². The van der Waals surface area contributed by atoms with Crippen LogP contribution >= 0.6 is 0 Å². The largest absolute Gasteiger partial charge is 0.381 e. The minimum atomic E-state index is -3.25. The normalized spacial score (nSPS) is 38.3. The molecule has 0 bridgehead atoms. The van der Waals surface area contributed by atoms with E-state index in [0.717, 1.165) is 38.9 Å². The van der Waals surface area contributed by atoms with Gasteiger partial charge in [-0.25, -0.2) is 0 Å². The van der Waals surface area contributed by atoms with E-state index in [1.165, 1.54) is 0 Å². The van der Waals surface area contributed by atoms with Gasteiger partial charge in [0, 0.05) is 38.2 Å². The molecule has 1 spiro atoms. The second-order valence-corrected chi connectivity index (χ2v) is 8.43. The fraction of sp³-hybridized carbons (Fsp3) is 1.00. The summed E-state index contributed by atoms with van der Waals surface area (Å²) < 4.78 is 34.2. The van der Waals surface area contributed by atoms with Gasteiger partial charge in [-0.15, -0.1) is 0 Å². The van der Waals surface area contributed by atoms with Gasteiger partial charge in [-0.3, -0.25) is 0 Å². The Labute approximate surface area is 116 Å². The van der Waals surface area contributed by atoms with Crippen molar-refractivity contribution in [2.24, 2.45) is 11.3 Å². The van der Waals surface area contributed by atoms with Crippen molar-refractivity contribution in [1.29, 1.82) is 0 Å². The molecule has 0 aromatic carbocycles. The lowest BCUT2D eigenvalue weighted by Gasteiger charge is -2.33. The van der Waals surface area contributed by atoms with Crippen LogP contribution in [0.1, 0.15) is 32.6 Å². The maximum Gasteiger partial charge on any atom is 0.282 e. The summed E-state index contributed by atoms with van der Waals surface area (Å²) in [5.41, 5.74) is 0.106. The van der Waals surface area contributed by atoms with E-state index in [1.807, 2.05) is 0 Å². The first-order valence-electron chi connectivity index (χ1n) is 7.35. The first-order chi connectivity index (χ1) is 9.02. The number of hydrogen-bond donors (Lipinski definition) is 0. The van der Waals surface area contributed by atoms with Gasteiger partial charge in [0.15, 0.2) is 0 Å². The van der Waals surface area contributed by atoms with E-state index in [2.05, 4.69) is 6.92 Å². The van der Waals surface area contributed by atoms with E-state index in [-0.39, 0.29) is 5.41 Å². The topological polar surface area (TPSA) is 49.9 Å². The summed E-state index contributed by atoms with van der Waals surface area (Å²) in [7, 11) is -3.25. The van der Waals surface area contributed by atoms with Gasteiger partial charge in [-0.05, 0) is 31.6 Å². The number of piperidine rings is 1. The molecule has 0 amide bonds. The molecule has 0 saturated carbocycles. The van der Waals surface area contributed by atoms with Crippen LogP contribution in [-0.2, 0) is 14.9 Å². The molecule has 3 aliphatic heterocycles. The van der Waals surface area contributed by atoms with E-state index in [4.69, 9.17) is 4.74 Å². The lowest BCUT2D eigenvalue weighted by atomic mass is 9.87. The monoisotopic (exact) mass is 288 g/mol. The average Bonchev–Trinajstić information content (AvgIpc) is 3.01. The molecule has 5 nitrogen and oxygen atoms in total. The molecule has 0 N–H and O–H groups in total. The van der Waals surface area contributed by atoms with Gasteiger partial charge in [0.05, 0.1) is 6.61 Å². The van der Waals surface area contributed by atoms with Crippen LogP contribution in [-0.4, -0.2) is 56.4 Å². The van der Waals surface area contributed by atoms with Gasteiger partial charge in [-0.2, -0.15) is 17.0 Å². The van der Waals surface area contributed by atoms with Gasteiger partial charge < -0.3 is 4.74 Å². The second-order valence-electron chi connectivity index (χ2n) is 6.50. The summed E-state index contributed by atoms with van der Waals surface area (Å²) in [5.74, 6) is 0.481. The van der Waals surface area contributed by atoms with Gasteiger partial charge in [0.25, 0.3) is 10.2 Å². The van der Waals surface area contributed by atoms with Crippen LogP contribution in [0.4, 0.5) is 0 Å².